The lowest BCUT2D eigenvalue weighted by atomic mass is 10.0. The summed E-state index contributed by atoms with van der Waals surface area (Å²) in [6.07, 6.45) is 4.39. The zero-order chi connectivity index (χ0) is 20.8. The Kier molecular flexibility index (Phi) is 4.73. The zero-order valence-electron chi connectivity index (χ0n) is 15.9. The Balaban J connectivity index is 1.47. The van der Waals surface area contributed by atoms with Crippen molar-refractivity contribution in [3.63, 3.8) is 0 Å². The van der Waals surface area contributed by atoms with Crippen LogP contribution < -0.4 is 15.5 Å². The van der Waals surface area contributed by atoms with Gasteiger partial charge in [-0.3, -0.25) is 0 Å². The van der Waals surface area contributed by atoms with Crippen LogP contribution in [0.3, 0.4) is 0 Å². The minimum Gasteiger partial charge on any atom is -0.360 e. The third-order valence-corrected chi connectivity index (χ3v) is 5.60. The number of halogens is 3. The summed E-state index contributed by atoms with van der Waals surface area (Å²) in [5.41, 5.74) is 1.24. The molecule has 2 aromatic heterocycles. The van der Waals surface area contributed by atoms with E-state index in [9.17, 15) is 13.2 Å². The number of benzene rings is 1. The van der Waals surface area contributed by atoms with Crippen molar-refractivity contribution < 1.29 is 13.2 Å². The molecule has 3 aromatic rings. The quantitative estimate of drug-likeness (QED) is 0.613. The minimum atomic E-state index is -1.17. The van der Waals surface area contributed by atoms with E-state index in [0.29, 0.717) is 28.3 Å². The van der Waals surface area contributed by atoms with Crippen LogP contribution in [-0.4, -0.2) is 38.5 Å². The number of hydrogen-bond acceptors (Lipinski definition) is 4. The maximum atomic E-state index is 14.4. The Morgan fingerprint density at radius 2 is 2.03 bits per heavy atom. The topological polar surface area (TPSA) is 57.5 Å². The molecule has 0 unspecified atom stereocenters. The van der Waals surface area contributed by atoms with Crippen LogP contribution in [0.5, 0.6) is 0 Å². The van der Waals surface area contributed by atoms with Crippen molar-refractivity contribution >= 4 is 34.5 Å². The summed E-state index contributed by atoms with van der Waals surface area (Å²) in [6, 6.07) is 4.69. The summed E-state index contributed by atoms with van der Waals surface area (Å²) in [6.45, 7) is 0.0440. The van der Waals surface area contributed by atoms with Crippen LogP contribution in [0.4, 0.5) is 24.7 Å². The maximum Gasteiger partial charge on any atom is 0.180 e. The molecule has 2 atom stereocenters. The lowest BCUT2D eigenvalue weighted by Gasteiger charge is -2.26. The minimum absolute atomic E-state index is 0.0440. The molecule has 6 nitrogen and oxygen atoms in total. The van der Waals surface area contributed by atoms with E-state index in [0.717, 1.165) is 31.0 Å². The van der Waals surface area contributed by atoms with Gasteiger partial charge >= 0.3 is 0 Å². The van der Waals surface area contributed by atoms with E-state index in [1.54, 1.807) is 27.9 Å². The predicted molar refractivity (Wildman–Crippen MR) is 111 cm³/mol. The van der Waals surface area contributed by atoms with E-state index in [-0.39, 0.29) is 18.5 Å². The van der Waals surface area contributed by atoms with Crippen LogP contribution in [-0.2, 0) is 0 Å². The van der Waals surface area contributed by atoms with E-state index in [2.05, 4.69) is 20.7 Å². The van der Waals surface area contributed by atoms with Gasteiger partial charge in [0, 0.05) is 24.2 Å². The fraction of sp³-hybridized carbons (Fsp3) is 0.350. The zero-order valence-corrected chi connectivity index (χ0v) is 16.7. The molecular formula is C20H19F3N6S. The van der Waals surface area contributed by atoms with Crippen LogP contribution in [0.25, 0.3) is 5.65 Å². The van der Waals surface area contributed by atoms with Gasteiger partial charge in [-0.15, -0.1) is 0 Å². The Morgan fingerprint density at radius 3 is 2.83 bits per heavy atom. The fourth-order valence-corrected chi connectivity index (χ4v) is 4.06. The number of nitrogens with zero attached hydrogens (tertiary/aromatic N) is 4. The smallest absolute Gasteiger partial charge is 0.180 e. The van der Waals surface area contributed by atoms with E-state index in [4.69, 9.17) is 12.2 Å². The Bertz CT molecular complexity index is 1120. The normalized spacial score (nSPS) is 21.2. The molecule has 1 saturated carbocycles. The van der Waals surface area contributed by atoms with Crippen molar-refractivity contribution in [3.8, 4) is 0 Å². The first kappa shape index (κ1) is 19.1. The highest BCUT2D eigenvalue weighted by atomic mass is 32.1. The molecule has 156 valence electrons. The number of thiocarbonyl (C=S) groups is 1. The largest absolute Gasteiger partial charge is 0.360 e. The molecule has 2 aliphatic rings. The first-order chi connectivity index (χ1) is 14.5. The summed E-state index contributed by atoms with van der Waals surface area (Å²) in [7, 11) is 0. The van der Waals surface area contributed by atoms with Crippen LogP contribution in [0, 0.1) is 11.6 Å². The van der Waals surface area contributed by atoms with Crippen molar-refractivity contribution in [2.75, 3.05) is 16.8 Å². The predicted octanol–water partition coefficient (Wildman–Crippen LogP) is 3.75. The molecule has 30 heavy (non-hydrogen) atoms. The van der Waals surface area contributed by atoms with Crippen LogP contribution >= 0.6 is 12.2 Å². The summed E-state index contributed by atoms with van der Waals surface area (Å²) in [5, 5.41) is 11.0. The lowest BCUT2D eigenvalue weighted by Crippen LogP contribution is -2.30. The second-order valence-corrected chi connectivity index (χ2v) is 8.06. The average molecular weight is 432 g/mol. The van der Waals surface area contributed by atoms with Gasteiger partial charge in [-0.2, -0.15) is 5.10 Å². The molecule has 1 aliphatic carbocycles. The summed E-state index contributed by atoms with van der Waals surface area (Å²) >= 11 is 5.32. The molecule has 0 bridgehead atoms. The summed E-state index contributed by atoms with van der Waals surface area (Å²) in [4.78, 5) is 6.29. The lowest BCUT2D eigenvalue weighted by molar-refractivity contribution is 0.355. The molecule has 0 spiro atoms. The first-order valence-electron chi connectivity index (χ1n) is 9.75. The average Bonchev–Trinajstić information content (AvgIpc) is 3.31. The second kappa shape index (κ2) is 7.42. The van der Waals surface area contributed by atoms with Crippen molar-refractivity contribution in [1.29, 1.82) is 0 Å². The highest BCUT2D eigenvalue weighted by molar-refractivity contribution is 7.80. The number of anilines is 2. The number of alkyl halides is 1. The van der Waals surface area contributed by atoms with Crippen LogP contribution in [0.1, 0.15) is 30.9 Å². The van der Waals surface area contributed by atoms with Crippen LogP contribution in [0.2, 0.25) is 0 Å². The van der Waals surface area contributed by atoms with Gasteiger partial charge in [0.25, 0.3) is 0 Å². The molecule has 1 aromatic carbocycles. The SMILES string of the molecule is Fc1ccc(F)c([C@H]2C[C@H](F)CN2c2ccn3ncc(NC(=S)NC4CC4)c3n2)c1. The van der Waals surface area contributed by atoms with E-state index in [1.165, 1.54) is 0 Å². The molecule has 1 saturated heterocycles. The van der Waals surface area contributed by atoms with E-state index < -0.39 is 23.8 Å². The fourth-order valence-electron chi connectivity index (χ4n) is 3.78. The molecule has 2 N–H and O–H groups in total. The standard InChI is InChI=1S/C20H19F3N6S/c21-11-1-4-15(23)14(7-11)17-8-12(22)10-28(17)18-5-6-29-19(27-18)16(9-24-29)26-20(30)25-13-2-3-13/h1,4-7,9,12-13,17H,2-3,8,10H2,(H2,25,26,30)/t12-,17+/m0/s1. The molecule has 5 rings (SSSR count). The van der Waals surface area contributed by atoms with Crippen molar-refractivity contribution in [2.45, 2.75) is 37.5 Å². The Hall–Kier alpha value is -2.88. The monoisotopic (exact) mass is 432 g/mol. The number of rotatable bonds is 4. The third kappa shape index (κ3) is 3.67. The Labute approximate surface area is 176 Å². The van der Waals surface area contributed by atoms with Crippen molar-refractivity contribution in [3.05, 3.63) is 53.9 Å². The third-order valence-electron chi connectivity index (χ3n) is 5.38. The van der Waals surface area contributed by atoms with Gasteiger partial charge in [0.1, 0.15) is 29.3 Å². The van der Waals surface area contributed by atoms with E-state index >= 15 is 0 Å². The van der Waals surface area contributed by atoms with Crippen molar-refractivity contribution in [1.82, 2.24) is 19.9 Å². The first-order valence-corrected chi connectivity index (χ1v) is 10.2. The molecular weight excluding hydrogens is 413 g/mol. The van der Waals surface area contributed by atoms with Gasteiger partial charge in [0.05, 0.1) is 18.8 Å². The van der Waals surface area contributed by atoms with Gasteiger partial charge in [0.2, 0.25) is 0 Å². The molecule has 0 amide bonds. The van der Waals surface area contributed by atoms with Gasteiger partial charge in [-0.1, -0.05) is 0 Å². The molecule has 2 fully saturated rings. The van der Waals surface area contributed by atoms with Gasteiger partial charge < -0.3 is 15.5 Å². The molecule has 10 heteroatoms. The highest BCUT2D eigenvalue weighted by Gasteiger charge is 2.36. The number of nitrogens with one attached hydrogen (secondary N) is 2. The Morgan fingerprint density at radius 1 is 1.20 bits per heavy atom. The summed E-state index contributed by atoms with van der Waals surface area (Å²) < 4.78 is 44.0. The molecule has 1 aliphatic heterocycles. The number of aromatic nitrogens is 3. The van der Waals surface area contributed by atoms with Crippen molar-refractivity contribution in [2.24, 2.45) is 0 Å². The second-order valence-electron chi connectivity index (χ2n) is 7.65. The summed E-state index contributed by atoms with van der Waals surface area (Å²) in [5.74, 6) is -0.665. The van der Waals surface area contributed by atoms with Gasteiger partial charge in [0.15, 0.2) is 10.8 Å². The maximum absolute atomic E-state index is 14.4. The van der Waals surface area contributed by atoms with Crippen LogP contribution in [0.15, 0.2) is 36.7 Å². The van der Waals surface area contributed by atoms with Gasteiger partial charge in [-0.05, 0) is 49.3 Å². The van der Waals surface area contributed by atoms with Gasteiger partial charge in [-0.25, -0.2) is 22.7 Å². The number of fused-ring (bicyclic) bond motifs is 1. The number of hydrogen-bond donors (Lipinski definition) is 2. The molecule has 0 radical (unpaired) electrons. The highest BCUT2D eigenvalue weighted by Crippen LogP contribution is 2.38. The van der Waals surface area contributed by atoms with E-state index in [1.807, 2.05) is 0 Å². The molecule has 3 heterocycles.